The van der Waals surface area contributed by atoms with Crippen LogP contribution in [0.3, 0.4) is 0 Å². The van der Waals surface area contributed by atoms with Crippen LogP contribution < -0.4 is 10.1 Å². The molecule has 5 rings (SSSR count). The maximum absolute atomic E-state index is 13.0. The van der Waals surface area contributed by atoms with Gasteiger partial charge >= 0.3 is 0 Å². The lowest BCUT2D eigenvalue weighted by Gasteiger charge is -2.29. The number of fused-ring (bicyclic) bond motifs is 1. The predicted octanol–water partition coefficient (Wildman–Crippen LogP) is 4.14. The van der Waals surface area contributed by atoms with Crippen molar-refractivity contribution < 1.29 is 19.1 Å². The number of benzene rings is 2. The normalized spacial score (nSPS) is 17.5. The number of aromatic nitrogens is 2. The third-order valence-corrected chi connectivity index (χ3v) is 6.98. The molecule has 8 nitrogen and oxygen atoms in total. The summed E-state index contributed by atoms with van der Waals surface area (Å²) in [5.74, 6) is -0.443. The van der Waals surface area contributed by atoms with E-state index in [0.717, 1.165) is 22.4 Å². The molecule has 2 aliphatic rings. The Balaban J connectivity index is 1.36. The Hall–Kier alpha value is -3.36. The van der Waals surface area contributed by atoms with E-state index < -0.39 is 11.9 Å². The number of nitrogens with one attached hydrogen (secondary N) is 1. The number of rotatable bonds is 5. The van der Waals surface area contributed by atoms with Crippen LogP contribution in [0.2, 0.25) is 10.0 Å². The Morgan fingerprint density at radius 2 is 1.89 bits per heavy atom. The summed E-state index contributed by atoms with van der Waals surface area (Å²) in [5.41, 5.74) is 4.44. The van der Waals surface area contributed by atoms with Gasteiger partial charge in [-0.3, -0.25) is 19.7 Å². The molecule has 2 aliphatic heterocycles. The number of nitrogens with zero attached hydrogens (tertiary/aromatic N) is 3. The van der Waals surface area contributed by atoms with Crippen molar-refractivity contribution in [1.29, 1.82) is 0 Å². The molecule has 1 unspecified atom stereocenters. The molecule has 10 heteroatoms. The van der Waals surface area contributed by atoms with Gasteiger partial charge < -0.3 is 9.64 Å². The highest BCUT2D eigenvalue weighted by molar-refractivity contribution is 6.37. The number of imide groups is 1. The highest BCUT2D eigenvalue weighted by atomic mass is 35.5. The molecule has 1 aromatic heterocycles. The largest absolute Gasteiger partial charge is 0.488 e. The first-order valence-corrected chi connectivity index (χ1v) is 11.9. The predicted molar refractivity (Wildman–Crippen MR) is 130 cm³/mol. The van der Waals surface area contributed by atoms with Crippen LogP contribution in [0.1, 0.15) is 45.6 Å². The Kier molecular flexibility index (Phi) is 6.02. The minimum Gasteiger partial charge on any atom is -0.488 e. The molecule has 3 amide bonds. The first-order chi connectivity index (χ1) is 16.7. The van der Waals surface area contributed by atoms with E-state index in [1.165, 1.54) is 4.90 Å². The van der Waals surface area contributed by atoms with Crippen molar-refractivity contribution in [2.75, 3.05) is 0 Å². The molecular formula is C25H22Cl2N4O4. The van der Waals surface area contributed by atoms with Gasteiger partial charge in [-0.1, -0.05) is 29.3 Å². The maximum atomic E-state index is 13.0. The van der Waals surface area contributed by atoms with Gasteiger partial charge in [-0.25, -0.2) is 4.68 Å². The monoisotopic (exact) mass is 512 g/mol. The lowest BCUT2D eigenvalue weighted by molar-refractivity contribution is -0.136. The molecule has 0 aliphatic carbocycles. The molecule has 2 aromatic carbocycles. The van der Waals surface area contributed by atoms with Crippen molar-refractivity contribution in [1.82, 2.24) is 20.0 Å². The summed E-state index contributed by atoms with van der Waals surface area (Å²) in [5, 5.41) is 7.77. The Labute approximate surface area is 211 Å². The van der Waals surface area contributed by atoms with Crippen LogP contribution >= 0.6 is 23.2 Å². The molecule has 3 aromatic rings. The second kappa shape index (κ2) is 9.02. The van der Waals surface area contributed by atoms with Crippen molar-refractivity contribution in [3.05, 3.63) is 74.5 Å². The van der Waals surface area contributed by atoms with E-state index in [1.54, 1.807) is 29.1 Å². The first-order valence-electron chi connectivity index (χ1n) is 11.1. The van der Waals surface area contributed by atoms with Crippen LogP contribution in [0, 0.1) is 13.8 Å². The second-order valence-electron chi connectivity index (χ2n) is 8.72. The van der Waals surface area contributed by atoms with Crippen LogP contribution in [0.15, 0.2) is 36.5 Å². The number of halogens is 2. The summed E-state index contributed by atoms with van der Waals surface area (Å²) in [4.78, 5) is 38.3. The molecule has 3 heterocycles. The number of aryl methyl sites for hydroxylation is 1. The molecular weight excluding hydrogens is 491 g/mol. The number of piperidine rings is 1. The van der Waals surface area contributed by atoms with Crippen molar-refractivity contribution in [3.63, 3.8) is 0 Å². The van der Waals surface area contributed by atoms with Gasteiger partial charge in [-0.2, -0.15) is 5.10 Å². The van der Waals surface area contributed by atoms with Crippen LogP contribution in [-0.4, -0.2) is 38.4 Å². The summed E-state index contributed by atoms with van der Waals surface area (Å²) in [6.45, 7) is 4.28. The quantitative estimate of drug-likeness (QED) is 0.518. The van der Waals surface area contributed by atoms with Crippen molar-refractivity contribution >= 4 is 40.9 Å². The Bertz CT molecular complexity index is 1360. The summed E-state index contributed by atoms with van der Waals surface area (Å²) in [6, 6.07) is 8.26. The van der Waals surface area contributed by atoms with E-state index >= 15 is 0 Å². The summed E-state index contributed by atoms with van der Waals surface area (Å²) < 4.78 is 7.81. The zero-order valence-corrected chi connectivity index (χ0v) is 20.6. The fourth-order valence-corrected chi connectivity index (χ4v) is 5.31. The maximum Gasteiger partial charge on any atom is 0.255 e. The molecule has 1 N–H and O–H groups in total. The topological polar surface area (TPSA) is 93.5 Å². The number of carbonyl (C=O) groups is 3. The minimum absolute atomic E-state index is 0.207. The van der Waals surface area contributed by atoms with Gasteiger partial charge in [0.05, 0.1) is 22.8 Å². The van der Waals surface area contributed by atoms with E-state index in [9.17, 15) is 14.4 Å². The molecule has 0 saturated carbocycles. The smallest absolute Gasteiger partial charge is 0.255 e. The molecule has 0 bridgehead atoms. The molecule has 1 fully saturated rings. The molecule has 1 atom stereocenters. The molecule has 180 valence electrons. The Morgan fingerprint density at radius 3 is 2.60 bits per heavy atom. The summed E-state index contributed by atoms with van der Waals surface area (Å²) >= 11 is 12.9. The third-order valence-electron chi connectivity index (χ3n) is 6.41. The first kappa shape index (κ1) is 23.4. The van der Waals surface area contributed by atoms with Crippen molar-refractivity contribution in [2.45, 2.75) is 45.9 Å². The molecule has 0 radical (unpaired) electrons. The average molecular weight is 513 g/mol. The zero-order valence-electron chi connectivity index (χ0n) is 19.1. The van der Waals surface area contributed by atoms with Crippen LogP contribution in [-0.2, 0) is 22.7 Å². The number of hydrogen-bond acceptors (Lipinski definition) is 5. The van der Waals surface area contributed by atoms with E-state index in [1.807, 2.05) is 26.0 Å². The molecule has 1 saturated heterocycles. The highest BCUT2D eigenvalue weighted by Crippen LogP contribution is 2.35. The van der Waals surface area contributed by atoms with Gasteiger partial charge in [0.25, 0.3) is 5.91 Å². The summed E-state index contributed by atoms with van der Waals surface area (Å²) in [6.07, 6.45) is 2.22. The third kappa shape index (κ3) is 4.17. The average Bonchev–Trinajstić information content (AvgIpc) is 3.32. The molecule has 0 spiro atoms. The van der Waals surface area contributed by atoms with E-state index in [2.05, 4.69) is 10.4 Å². The van der Waals surface area contributed by atoms with Crippen LogP contribution in [0.25, 0.3) is 5.69 Å². The fraction of sp³-hybridized carbons (Fsp3) is 0.280. The van der Waals surface area contributed by atoms with Gasteiger partial charge in [-0.15, -0.1) is 0 Å². The van der Waals surface area contributed by atoms with Crippen LogP contribution in [0.4, 0.5) is 0 Å². The number of carbonyl (C=O) groups excluding carboxylic acids is 3. The number of amides is 3. The Morgan fingerprint density at radius 1 is 1.14 bits per heavy atom. The minimum atomic E-state index is -0.676. The highest BCUT2D eigenvalue weighted by Gasteiger charge is 2.40. The summed E-state index contributed by atoms with van der Waals surface area (Å²) in [7, 11) is 0. The van der Waals surface area contributed by atoms with Gasteiger partial charge in [0.15, 0.2) is 0 Å². The van der Waals surface area contributed by atoms with E-state index in [-0.39, 0.29) is 31.4 Å². The zero-order chi connectivity index (χ0) is 24.9. The van der Waals surface area contributed by atoms with Crippen LogP contribution in [0.5, 0.6) is 5.75 Å². The van der Waals surface area contributed by atoms with Crippen molar-refractivity contribution in [2.24, 2.45) is 0 Å². The SMILES string of the molecule is Cc1cc(Cl)c(-n2ncc(COc3cccc4c3CN(C3CCC(=O)NC3=O)C4=O)c2C)c(Cl)c1. The number of ether oxygens (including phenoxy) is 1. The number of hydrogen-bond donors (Lipinski definition) is 1. The van der Waals surface area contributed by atoms with Gasteiger partial charge in [-0.05, 0) is 50.1 Å². The lowest BCUT2D eigenvalue weighted by atomic mass is 10.0. The van der Waals surface area contributed by atoms with Crippen molar-refractivity contribution in [3.8, 4) is 11.4 Å². The van der Waals surface area contributed by atoms with E-state index in [0.29, 0.717) is 33.5 Å². The molecule has 35 heavy (non-hydrogen) atoms. The van der Waals surface area contributed by atoms with E-state index in [4.69, 9.17) is 27.9 Å². The van der Waals surface area contributed by atoms with Gasteiger partial charge in [0.2, 0.25) is 11.8 Å². The standard InChI is InChI=1S/C25H22Cl2N4O4/c1-13-8-18(26)23(19(27)9-13)31-14(2)15(10-28-31)12-35-21-5-3-4-16-17(21)11-30(25(16)34)20-6-7-22(32)29-24(20)33/h3-5,8-10,20H,6-7,11-12H2,1-2H3,(H,29,32,33). The van der Waals surface area contributed by atoms with Gasteiger partial charge in [0, 0.05) is 28.8 Å². The van der Waals surface area contributed by atoms with Gasteiger partial charge in [0.1, 0.15) is 24.1 Å². The second-order valence-corrected chi connectivity index (χ2v) is 9.53. The fourth-order valence-electron chi connectivity index (χ4n) is 4.55. The lowest BCUT2D eigenvalue weighted by Crippen LogP contribution is -2.52.